The van der Waals surface area contributed by atoms with Crippen molar-refractivity contribution in [3.8, 4) is 11.5 Å². The second-order valence-electron chi connectivity index (χ2n) is 11.0. The van der Waals surface area contributed by atoms with Crippen molar-refractivity contribution in [1.29, 1.82) is 0 Å². The van der Waals surface area contributed by atoms with Gasteiger partial charge in [-0.15, -0.1) is 0 Å². The third-order valence-corrected chi connectivity index (χ3v) is 8.27. The highest BCUT2D eigenvalue weighted by Gasteiger charge is 2.56. The number of fused-ring (bicyclic) bond motifs is 5. The van der Waals surface area contributed by atoms with Crippen molar-refractivity contribution in [2.45, 2.75) is 44.9 Å². The zero-order chi connectivity index (χ0) is 28.2. The van der Waals surface area contributed by atoms with Crippen LogP contribution in [0.15, 0.2) is 66.7 Å². The Bertz CT molecular complexity index is 1630. The molecule has 4 aromatic rings. The van der Waals surface area contributed by atoms with Gasteiger partial charge in [0, 0.05) is 34.9 Å². The van der Waals surface area contributed by atoms with E-state index in [-0.39, 0.29) is 30.4 Å². The van der Waals surface area contributed by atoms with Crippen LogP contribution in [0.5, 0.6) is 11.5 Å². The minimum atomic E-state index is -1.18. The Morgan fingerprint density at radius 3 is 2.60 bits per heavy atom. The van der Waals surface area contributed by atoms with E-state index < -0.39 is 5.54 Å². The first-order valence-corrected chi connectivity index (χ1v) is 13.9. The molecule has 0 saturated carbocycles. The number of para-hydroxylation sites is 1. The number of piperazine rings is 1. The number of hydrogen-bond donors (Lipinski definition) is 1. The first-order valence-electron chi connectivity index (χ1n) is 13.5. The summed E-state index contributed by atoms with van der Waals surface area (Å²) in [6.45, 7) is 6.50. The molecule has 0 radical (unpaired) electrons. The van der Waals surface area contributed by atoms with Crippen LogP contribution in [0.1, 0.15) is 49.1 Å². The number of H-pyrrole nitrogens is 1. The van der Waals surface area contributed by atoms with Gasteiger partial charge in [-0.3, -0.25) is 9.59 Å². The number of rotatable bonds is 6. The van der Waals surface area contributed by atoms with Crippen molar-refractivity contribution in [2.75, 3.05) is 20.2 Å². The molecule has 2 amide bonds. The second kappa shape index (κ2) is 9.89. The summed E-state index contributed by atoms with van der Waals surface area (Å²) in [6, 6.07) is 21.4. The van der Waals surface area contributed by atoms with Crippen molar-refractivity contribution in [1.82, 2.24) is 14.8 Å². The van der Waals surface area contributed by atoms with Crippen LogP contribution in [-0.2, 0) is 21.7 Å². The number of carbonyl (C=O) groups is 2. The lowest BCUT2D eigenvalue weighted by Gasteiger charge is -2.51. The number of amides is 2. The molecule has 2 atom stereocenters. The summed E-state index contributed by atoms with van der Waals surface area (Å²) in [7, 11) is 1.63. The largest absolute Gasteiger partial charge is 0.493 e. The summed E-state index contributed by atoms with van der Waals surface area (Å²) in [5.41, 5.74) is 3.40. The molecule has 206 valence electrons. The smallest absolute Gasteiger partial charge is 0.255 e. The molecule has 40 heavy (non-hydrogen) atoms. The maximum Gasteiger partial charge on any atom is 0.255 e. The molecule has 3 aromatic carbocycles. The van der Waals surface area contributed by atoms with Gasteiger partial charge in [0.1, 0.15) is 6.54 Å². The predicted octanol–water partition coefficient (Wildman–Crippen LogP) is 5.85. The topological polar surface area (TPSA) is 74.9 Å². The van der Waals surface area contributed by atoms with Crippen molar-refractivity contribution in [2.24, 2.45) is 0 Å². The number of methoxy groups -OCH3 is 1. The van der Waals surface area contributed by atoms with Gasteiger partial charge in [0.2, 0.25) is 5.91 Å². The monoisotopic (exact) mass is 557 g/mol. The fourth-order valence-electron chi connectivity index (χ4n) is 6.21. The van der Waals surface area contributed by atoms with Gasteiger partial charge in [0.15, 0.2) is 17.0 Å². The maximum absolute atomic E-state index is 14.3. The van der Waals surface area contributed by atoms with Gasteiger partial charge in [0.25, 0.3) is 5.91 Å². The number of nitrogens with zero attached hydrogens (tertiary/aromatic N) is 2. The van der Waals surface area contributed by atoms with Crippen LogP contribution < -0.4 is 9.47 Å². The highest BCUT2D eigenvalue weighted by atomic mass is 35.5. The number of hydrogen-bond acceptors (Lipinski definition) is 4. The molecule has 0 spiro atoms. The van der Waals surface area contributed by atoms with E-state index in [1.165, 1.54) is 0 Å². The van der Waals surface area contributed by atoms with E-state index in [2.05, 4.69) is 11.1 Å². The van der Waals surface area contributed by atoms with Crippen LogP contribution in [0.25, 0.3) is 10.9 Å². The SMILES string of the molecule is COc1cc(C2CN3C(=O)CN(Cc4cccc(Cl)c4)C(=O)[C@]3(C)c3[nH]c4ccccc4c32)ccc1OC(C)C. The Morgan fingerprint density at radius 2 is 1.85 bits per heavy atom. The molecule has 1 saturated heterocycles. The van der Waals surface area contributed by atoms with E-state index in [9.17, 15) is 9.59 Å². The molecule has 0 bridgehead atoms. The lowest BCUT2D eigenvalue weighted by Crippen LogP contribution is -2.67. The Labute approximate surface area is 238 Å². The standard InChI is InChI=1S/C32H32ClN3O4/c1-19(2)40-26-13-12-21(15-27(26)39-4)24-17-36-28(37)18-35(16-20-8-7-9-22(33)14-20)31(38)32(36,3)30-29(24)23-10-5-6-11-25(23)34-30/h5-15,19,24,34H,16-18H2,1-4H3/t24?,32-/m0/s1. The Morgan fingerprint density at radius 1 is 1.05 bits per heavy atom. The molecule has 2 aliphatic rings. The Balaban J connectivity index is 1.48. The van der Waals surface area contributed by atoms with E-state index >= 15 is 0 Å². The molecule has 0 aliphatic carbocycles. The summed E-state index contributed by atoms with van der Waals surface area (Å²) < 4.78 is 11.6. The molecule has 6 rings (SSSR count). The normalized spacial score (nSPS) is 20.6. The highest BCUT2D eigenvalue weighted by molar-refractivity contribution is 6.30. The van der Waals surface area contributed by atoms with Crippen LogP contribution in [0.4, 0.5) is 0 Å². The molecule has 1 unspecified atom stereocenters. The average molecular weight is 558 g/mol. The van der Waals surface area contributed by atoms with E-state index in [0.717, 1.165) is 33.3 Å². The van der Waals surface area contributed by atoms with Gasteiger partial charge in [0.05, 0.1) is 18.9 Å². The minimum Gasteiger partial charge on any atom is -0.493 e. The lowest BCUT2D eigenvalue weighted by atomic mass is 9.76. The third-order valence-electron chi connectivity index (χ3n) is 8.03. The number of nitrogens with one attached hydrogen (secondary N) is 1. The van der Waals surface area contributed by atoms with Crippen LogP contribution in [0.3, 0.4) is 0 Å². The van der Waals surface area contributed by atoms with Gasteiger partial charge in [-0.1, -0.05) is 48.0 Å². The van der Waals surface area contributed by atoms with Gasteiger partial charge >= 0.3 is 0 Å². The van der Waals surface area contributed by atoms with E-state index in [1.807, 2.05) is 75.4 Å². The van der Waals surface area contributed by atoms with E-state index in [0.29, 0.717) is 29.6 Å². The predicted molar refractivity (Wildman–Crippen MR) is 155 cm³/mol. The van der Waals surface area contributed by atoms with Crippen LogP contribution >= 0.6 is 11.6 Å². The molecule has 7 nitrogen and oxygen atoms in total. The molecule has 8 heteroatoms. The minimum absolute atomic E-state index is 0.00204. The van der Waals surface area contributed by atoms with Gasteiger partial charge in [-0.05, 0) is 67.8 Å². The fraction of sp³-hybridized carbons (Fsp3) is 0.312. The molecule has 2 aliphatic heterocycles. The molecule has 1 N–H and O–H groups in total. The molecular weight excluding hydrogens is 526 g/mol. The number of benzene rings is 3. The number of ether oxygens (including phenoxy) is 2. The zero-order valence-electron chi connectivity index (χ0n) is 23.0. The summed E-state index contributed by atoms with van der Waals surface area (Å²) in [5, 5.41) is 1.64. The lowest BCUT2D eigenvalue weighted by molar-refractivity contribution is -0.166. The zero-order valence-corrected chi connectivity index (χ0v) is 23.8. The summed E-state index contributed by atoms with van der Waals surface area (Å²) >= 11 is 6.21. The first kappa shape index (κ1) is 26.3. The van der Waals surface area contributed by atoms with Crippen LogP contribution in [0.2, 0.25) is 5.02 Å². The number of aromatic nitrogens is 1. The summed E-state index contributed by atoms with van der Waals surface area (Å²) in [5.74, 6) is 0.927. The van der Waals surface area contributed by atoms with E-state index in [4.69, 9.17) is 21.1 Å². The quantitative estimate of drug-likeness (QED) is 0.323. The second-order valence-corrected chi connectivity index (χ2v) is 11.4. The molecular formula is C32H32ClN3O4. The van der Waals surface area contributed by atoms with Crippen LogP contribution in [-0.4, -0.2) is 52.9 Å². The van der Waals surface area contributed by atoms with Crippen molar-refractivity contribution < 1.29 is 19.1 Å². The third kappa shape index (κ3) is 4.20. The van der Waals surface area contributed by atoms with Crippen molar-refractivity contribution >= 4 is 34.3 Å². The summed E-state index contributed by atoms with van der Waals surface area (Å²) in [4.78, 5) is 35.0. The number of carbonyl (C=O) groups excluding carboxylic acids is 2. The van der Waals surface area contributed by atoms with Crippen molar-refractivity contribution in [3.05, 3.63) is 94.1 Å². The molecule has 1 fully saturated rings. The summed E-state index contributed by atoms with van der Waals surface area (Å²) in [6.07, 6.45) is 0.00204. The molecule has 1 aromatic heterocycles. The average Bonchev–Trinajstić information content (AvgIpc) is 3.33. The first-order chi connectivity index (χ1) is 19.2. The fourth-order valence-corrected chi connectivity index (χ4v) is 6.42. The van der Waals surface area contributed by atoms with Gasteiger partial charge in [-0.2, -0.15) is 0 Å². The Hall–Kier alpha value is -3.97. The van der Waals surface area contributed by atoms with Gasteiger partial charge < -0.3 is 24.3 Å². The maximum atomic E-state index is 14.3. The number of halogens is 1. The highest BCUT2D eigenvalue weighted by Crippen LogP contribution is 2.49. The Kier molecular flexibility index (Phi) is 6.50. The van der Waals surface area contributed by atoms with Crippen molar-refractivity contribution in [3.63, 3.8) is 0 Å². The van der Waals surface area contributed by atoms with Gasteiger partial charge in [-0.25, -0.2) is 0 Å². The number of aromatic amines is 1. The van der Waals surface area contributed by atoms with Crippen LogP contribution in [0, 0.1) is 0 Å². The molecule has 3 heterocycles. The van der Waals surface area contributed by atoms with E-state index in [1.54, 1.807) is 23.0 Å².